The lowest BCUT2D eigenvalue weighted by Gasteiger charge is -2.34. The van der Waals surface area contributed by atoms with Gasteiger partial charge in [0, 0.05) is 18.2 Å². The van der Waals surface area contributed by atoms with E-state index >= 15 is 0 Å². The van der Waals surface area contributed by atoms with Crippen LogP contribution in [0.4, 0.5) is 10.1 Å². The van der Waals surface area contributed by atoms with Crippen molar-refractivity contribution in [2.45, 2.75) is 64.1 Å². The summed E-state index contributed by atoms with van der Waals surface area (Å²) in [6, 6.07) is 15.6. The third-order valence-electron chi connectivity index (χ3n) is 6.69. The van der Waals surface area contributed by atoms with Gasteiger partial charge in [-0.05, 0) is 76.1 Å². The first-order chi connectivity index (χ1) is 20.2. The minimum atomic E-state index is -4.31. The zero-order valence-corrected chi connectivity index (χ0v) is 26.5. The maximum absolute atomic E-state index is 14.2. The maximum Gasteiger partial charge on any atom is 0.264 e. The molecule has 1 N–H and O–H groups in total. The Morgan fingerprint density at radius 3 is 2.07 bits per heavy atom. The van der Waals surface area contributed by atoms with E-state index in [-0.39, 0.29) is 35.2 Å². The van der Waals surface area contributed by atoms with E-state index in [1.165, 1.54) is 61.6 Å². The van der Waals surface area contributed by atoms with Crippen LogP contribution in [-0.2, 0) is 26.2 Å². The smallest absolute Gasteiger partial charge is 0.264 e. The van der Waals surface area contributed by atoms with Crippen LogP contribution in [0.25, 0.3) is 0 Å². The third-order valence-corrected chi connectivity index (χ3v) is 8.46. The highest BCUT2D eigenvalue weighted by molar-refractivity contribution is 7.92. The van der Waals surface area contributed by atoms with Crippen molar-refractivity contribution in [3.05, 3.63) is 83.7 Å². The number of amides is 2. The maximum atomic E-state index is 14.2. The summed E-state index contributed by atoms with van der Waals surface area (Å²) < 4.78 is 53.5. The molecule has 0 aliphatic heterocycles. The van der Waals surface area contributed by atoms with E-state index in [0.717, 1.165) is 9.87 Å². The Morgan fingerprint density at radius 2 is 1.53 bits per heavy atom. The summed E-state index contributed by atoms with van der Waals surface area (Å²) in [7, 11) is -1.47. The van der Waals surface area contributed by atoms with Crippen molar-refractivity contribution in [2.24, 2.45) is 0 Å². The van der Waals surface area contributed by atoms with Crippen LogP contribution in [0.2, 0.25) is 0 Å². The van der Waals surface area contributed by atoms with E-state index in [2.05, 4.69) is 5.32 Å². The number of nitrogens with zero attached hydrogens (tertiary/aromatic N) is 2. The summed E-state index contributed by atoms with van der Waals surface area (Å²) in [6.45, 7) is 8.51. The molecule has 0 aliphatic rings. The van der Waals surface area contributed by atoms with Crippen molar-refractivity contribution >= 4 is 27.5 Å². The topological polar surface area (TPSA) is 105 Å². The van der Waals surface area contributed by atoms with Crippen LogP contribution in [0, 0.1) is 12.7 Å². The molecule has 2 amide bonds. The van der Waals surface area contributed by atoms with Gasteiger partial charge in [0.2, 0.25) is 11.8 Å². The highest BCUT2D eigenvalue weighted by Crippen LogP contribution is 2.32. The highest BCUT2D eigenvalue weighted by Gasteiger charge is 2.35. The number of aryl methyl sites for hydroxylation is 1. The second kappa shape index (κ2) is 13.9. The zero-order valence-electron chi connectivity index (χ0n) is 25.7. The van der Waals surface area contributed by atoms with Gasteiger partial charge in [-0.1, -0.05) is 36.8 Å². The summed E-state index contributed by atoms with van der Waals surface area (Å²) in [4.78, 5) is 28.8. The lowest BCUT2D eigenvalue weighted by Crippen LogP contribution is -2.55. The molecule has 0 fully saturated rings. The van der Waals surface area contributed by atoms with Crippen LogP contribution in [0.3, 0.4) is 0 Å². The van der Waals surface area contributed by atoms with Crippen LogP contribution < -0.4 is 19.1 Å². The van der Waals surface area contributed by atoms with Crippen molar-refractivity contribution in [1.82, 2.24) is 10.2 Å². The summed E-state index contributed by atoms with van der Waals surface area (Å²) >= 11 is 0. The number of hydrogen-bond donors (Lipinski definition) is 1. The molecule has 0 spiro atoms. The Labute approximate surface area is 253 Å². The number of halogens is 1. The van der Waals surface area contributed by atoms with Crippen LogP contribution in [0.1, 0.15) is 45.2 Å². The number of ether oxygens (including phenoxy) is 2. The van der Waals surface area contributed by atoms with Crippen LogP contribution in [0.15, 0.2) is 71.6 Å². The Balaban J connectivity index is 2.10. The van der Waals surface area contributed by atoms with E-state index in [1.54, 1.807) is 31.2 Å². The van der Waals surface area contributed by atoms with E-state index in [0.29, 0.717) is 11.3 Å². The second-order valence-electron chi connectivity index (χ2n) is 11.2. The van der Waals surface area contributed by atoms with Gasteiger partial charge >= 0.3 is 0 Å². The highest BCUT2D eigenvalue weighted by atomic mass is 32.2. The fraction of sp³-hybridized carbons (Fsp3) is 0.375. The molecule has 0 aromatic heterocycles. The molecule has 0 bridgehead atoms. The van der Waals surface area contributed by atoms with Crippen molar-refractivity contribution in [3.8, 4) is 11.5 Å². The van der Waals surface area contributed by atoms with Crippen molar-refractivity contribution < 1.29 is 31.9 Å². The van der Waals surface area contributed by atoms with Crippen LogP contribution in [0.5, 0.6) is 11.5 Å². The minimum Gasteiger partial charge on any atom is -0.493 e. The Kier molecular flexibility index (Phi) is 10.8. The lowest BCUT2D eigenvalue weighted by atomic mass is 10.1. The number of hydrogen-bond acceptors (Lipinski definition) is 6. The monoisotopic (exact) mass is 613 g/mol. The fourth-order valence-corrected chi connectivity index (χ4v) is 5.93. The third kappa shape index (κ3) is 8.47. The lowest BCUT2D eigenvalue weighted by molar-refractivity contribution is -0.141. The normalized spacial score (nSPS) is 12.3. The van der Waals surface area contributed by atoms with E-state index in [4.69, 9.17) is 9.47 Å². The van der Waals surface area contributed by atoms with Gasteiger partial charge in [0.1, 0.15) is 18.4 Å². The molecule has 232 valence electrons. The van der Waals surface area contributed by atoms with Gasteiger partial charge in [0.15, 0.2) is 11.5 Å². The SMILES string of the molecule is CCC(C(=O)NC(C)(C)C)N(Cc1ccc(F)cc1)C(=O)CN(c1ccc(C)cc1)S(=O)(=O)c1ccc(OC)c(OC)c1. The Bertz CT molecular complexity index is 1520. The minimum absolute atomic E-state index is 0.0344. The molecule has 3 aromatic rings. The molecule has 1 atom stereocenters. The number of anilines is 1. The van der Waals surface area contributed by atoms with Gasteiger partial charge in [-0.3, -0.25) is 13.9 Å². The predicted molar refractivity (Wildman–Crippen MR) is 164 cm³/mol. The molecule has 11 heteroatoms. The molecule has 0 heterocycles. The van der Waals surface area contributed by atoms with E-state index in [1.807, 2.05) is 27.7 Å². The molecule has 3 rings (SSSR count). The molecular weight excluding hydrogens is 573 g/mol. The largest absolute Gasteiger partial charge is 0.493 e. The average molecular weight is 614 g/mol. The van der Waals surface area contributed by atoms with Crippen LogP contribution in [-0.4, -0.2) is 57.5 Å². The first-order valence-corrected chi connectivity index (χ1v) is 15.3. The standard InChI is InChI=1S/C32H40FN3O6S/c1-8-27(31(38)34-32(3,4)5)35(20-23-11-13-24(33)14-12-23)30(37)21-36(25-15-9-22(2)10-16-25)43(39,40)26-17-18-28(41-6)29(19-26)42-7/h9-19,27H,8,20-21H2,1-7H3,(H,34,38). The second-order valence-corrected chi connectivity index (χ2v) is 13.0. The number of rotatable bonds is 12. The summed E-state index contributed by atoms with van der Waals surface area (Å²) in [6.07, 6.45) is 0.266. The summed E-state index contributed by atoms with van der Waals surface area (Å²) in [5, 5.41) is 2.92. The molecule has 3 aromatic carbocycles. The van der Waals surface area contributed by atoms with Gasteiger partial charge < -0.3 is 19.7 Å². The number of carbonyl (C=O) groups excluding carboxylic acids is 2. The van der Waals surface area contributed by atoms with Gasteiger partial charge in [-0.25, -0.2) is 12.8 Å². The first kappa shape index (κ1) is 33.4. The Morgan fingerprint density at radius 1 is 0.930 bits per heavy atom. The molecule has 0 saturated heterocycles. The van der Waals surface area contributed by atoms with Gasteiger partial charge in [-0.15, -0.1) is 0 Å². The predicted octanol–water partition coefficient (Wildman–Crippen LogP) is 5.07. The molecule has 0 saturated carbocycles. The number of carbonyl (C=O) groups is 2. The van der Waals surface area contributed by atoms with E-state index < -0.39 is 39.9 Å². The molecule has 43 heavy (non-hydrogen) atoms. The molecule has 9 nitrogen and oxygen atoms in total. The van der Waals surface area contributed by atoms with Crippen molar-refractivity contribution in [1.29, 1.82) is 0 Å². The number of nitrogens with one attached hydrogen (secondary N) is 1. The molecular formula is C32H40FN3O6S. The van der Waals surface area contributed by atoms with E-state index in [9.17, 15) is 22.4 Å². The quantitative estimate of drug-likeness (QED) is 0.306. The zero-order chi connectivity index (χ0) is 31.9. The van der Waals surface area contributed by atoms with Gasteiger partial charge in [0.25, 0.3) is 10.0 Å². The molecule has 0 radical (unpaired) electrons. The number of methoxy groups -OCH3 is 2. The van der Waals surface area contributed by atoms with Crippen LogP contribution >= 0.6 is 0 Å². The average Bonchev–Trinajstić information content (AvgIpc) is 2.95. The molecule has 0 aliphatic carbocycles. The summed E-state index contributed by atoms with van der Waals surface area (Å²) in [5.74, 6) is -0.868. The van der Waals surface area contributed by atoms with Crippen molar-refractivity contribution in [2.75, 3.05) is 25.1 Å². The van der Waals surface area contributed by atoms with Gasteiger partial charge in [0.05, 0.1) is 24.8 Å². The number of sulfonamides is 1. The number of benzene rings is 3. The fourth-order valence-electron chi connectivity index (χ4n) is 4.50. The van der Waals surface area contributed by atoms with Gasteiger partial charge in [-0.2, -0.15) is 0 Å². The Hall–Kier alpha value is -4.12. The first-order valence-electron chi connectivity index (χ1n) is 13.9. The summed E-state index contributed by atoms with van der Waals surface area (Å²) in [5.41, 5.74) is 1.19. The van der Waals surface area contributed by atoms with Crippen molar-refractivity contribution in [3.63, 3.8) is 0 Å². The molecule has 1 unspecified atom stereocenters.